The fraction of sp³-hybridized carbons (Fsp3) is 0.273. The van der Waals surface area contributed by atoms with E-state index in [9.17, 15) is 18.5 Å². The summed E-state index contributed by atoms with van der Waals surface area (Å²) in [6, 6.07) is 1.90. The Morgan fingerprint density at radius 1 is 1.45 bits per heavy atom. The van der Waals surface area contributed by atoms with Gasteiger partial charge in [0, 0.05) is 16.7 Å². The molecule has 0 radical (unpaired) electrons. The molecule has 1 aromatic rings. The number of ether oxygens (including phenoxy) is 2. The molecule has 1 aromatic carbocycles. The van der Waals surface area contributed by atoms with Crippen molar-refractivity contribution in [3.8, 4) is 11.5 Å². The highest BCUT2D eigenvalue weighted by molar-refractivity contribution is 8.13. The molecular formula is C11H12ClNO6S. The van der Waals surface area contributed by atoms with Gasteiger partial charge in [-0.2, -0.15) is 0 Å². The zero-order chi connectivity index (χ0) is 15.3. The molecule has 0 unspecified atom stereocenters. The first kappa shape index (κ1) is 16.3. The second kappa shape index (κ2) is 6.58. The zero-order valence-electron chi connectivity index (χ0n) is 10.7. The van der Waals surface area contributed by atoms with E-state index in [0.29, 0.717) is 0 Å². The molecular weight excluding hydrogens is 310 g/mol. The molecule has 0 atom stereocenters. The summed E-state index contributed by atoms with van der Waals surface area (Å²) in [5.41, 5.74) is -0.458. The van der Waals surface area contributed by atoms with Gasteiger partial charge in [0.25, 0.3) is 14.7 Å². The van der Waals surface area contributed by atoms with Crippen molar-refractivity contribution in [1.29, 1.82) is 0 Å². The van der Waals surface area contributed by atoms with E-state index in [1.54, 1.807) is 19.1 Å². The molecule has 0 N–H and O–H groups in total. The van der Waals surface area contributed by atoms with Gasteiger partial charge in [0.2, 0.25) is 0 Å². The SMILES string of the molecule is C/C=C/COc1cc([N+](=O)[O-])cc(S(=O)(=O)Cl)c1OC. The fourth-order valence-corrected chi connectivity index (χ4v) is 2.40. The first-order valence-corrected chi connectivity index (χ1v) is 7.67. The average Bonchev–Trinajstić information content (AvgIpc) is 2.36. The molecule has 20 heavy (non-hydrogen) atoms. The quantitative estimate of drug-likeness (QED) is 0.345. The molecule has 0 bridgehead atoms. The maximum atomic E-state index is 11.5. The van der Waals surface area contributed by atoms with Crippen molar-refractivity contribution in [2.45, 2.75) is 11.8 Å². The van der Waals surface area contributed by atoms with Gasteiger partial charge in [0.05, 0.1) is 18.1 Å². The van der Waals surface area contributed by atoms with E-state index in [1.807, 2.05) is 0 Å². The molecule has 1 rings (SSSR count). The molecule has 7 nitrogen and oxygen atoms in total. The Hall–Kier alpha value is -1.80. The summed E-state index contributed by atoms with van der Waals surface area (Å²) in [6.45, 7) is 1.87. The van der Waals surface area contributed by atoms with E-state index in [-0.39, 0.29) is 18.1 Å². The van der Waals surface area contributed by atoms with Gasteiger partial charge in [-0.25, -0.2) is 8.42 Å². The highest BCUT2D eigenvalue weighted by Crippen LogP contribution is 2.39. The molecule has 0 aliphatic rings. The minimum atomic E-state index is -4.21. The second-order valence-electron chi connectivity index (χ2n) is 3.55. The van der Waals surface area contributed by atoms with Gasteiger partial charge in [-0.05, 0) is 6.92 Å². The third-order valence-electron chi connectivity index (χ3n) is 2.25. The molecule has 9 heteroatoms. The Morgan fingerprint density at radius 3 is 2.55 bits per heavy atom. The lowest BCUT2D eigenvalue weighted by molar-refractivity contribution is -0.385. The molecule has 0 aliphatic carbocycles. The highest BCUT2D eigenvalue weighted by atomic mass is 35.7. The van der Waals surface area contributed by atoms with Crippen LogP contribution < -0.4 is 9.47 Å². The number of benzene rings is 1. The maximum absolute atomic E-state index is 11.5. The van der Waals surface area contributed by atoms with E-state index in [4.69, 9.17) is 20.2 Å². The Bertz CT molecular complexity index is 641. The van der Waals surface area contributed by atoms with Crippen LogP contribution in [0.15, 0.2) is 29.2 Å². The van der Waals surface area contributed by atoms with Gasteiger partial charge in [-0.15, -0.1) is 0 Å². The number of nitro benzene ring substituents is 1. The maximum Gasteiger partial charge on any atom is 0.274 e. The van der Waals surface area contributed by atoms with Crippen molar-refractivity contribution in [2.24, 2.45) is 0 Å². The first-order valence-electron chi connectivity index (χ1n) is 5.36. The number of methoxy groups -OCH3 is 1. The molecule has 110 valence electrons. The van der Waals surface area contributed by atoms with E-state index in [2.05, 4.69) is 0 Å². The van der Waals surface area contributed by atoms with Crippen molar-refractivity contribution in [2.75, 3.05) is 13.7 Å². The van der Waals surface area contributed by atoms with Crippen LogP contribution in [0.5, 0.6) is 11.5 Å². The predicted octanol–water partition coefficient (Wildman–Crippen LogP) is 2.49. The lowest BCUT2D eigenvalue weighted by Crippen LogP contribution is -2.03. The van der Waals surface area contributed by atoms with Crippen molar-refractivity contribution < 1.29 is 22.8 Å². The van der Waals surface area contributed by atoms with Crippen molar-refractivity contribution >= 4 is 25.4 Å². The van der Waals surface area contributed by atoms with Crippen LogP contribution >= 0.6 is 10.7 Å². The monoisotopic (exact) mass is 321 g/mol. The number of non-ortho nitro benzene ring substituents is 1. The van der Waals surface area contributed by atoms with Gasteiger partial charge in [-0.3, -0.25) is 10.1 Å². The molecule has 0 spiro atoms. The average molecular weight is 322 g/mol. The summed E-state index contributed by atoms with van der Waals surface area (Å²) < 4.78 is 33.1. The summed E-state index contributed by atoms with van der Waals surface area (Å²) >= 11 is 0. The van der Waals surface area contributed by atoms with Crippen molar-refractivity contribution in [3.05, 3.63) is 34.4 Å². The van der Waals surface area contributed by atoms with E-state index >= 15 is 0 Å². The minimum Gasteiger partial charge on any atom is -0.492 e. The van der Waals surface area contributed by atoms with Gasteiger partial charge in [0.1, 0.15) is 11.5 Å². The largest absolute Gasteiger partial charge is 0.492 e. The predicted molar refractivity (Wildman–Crippen MR) is 73.0 cm³/mol. The molecule has 0 saturated heterocycles. The first-order chi connectivity index (χ1) is 9.31. The summed E-state index contributed by atoms with van der Waals surface area (Å²) in [5, 5.41) is 10.8. The Labute approximate surface area is 120 Å². The van der Waals surface area contributed by atoms with Gasteiger partial charge in [-0.1, -0.05) is 12.2 Å². The second-order valence-corrected chi connectivity index (χ2v) is 6.08. The van der Waals surface area contributed by atoms with Crippen molar-refractivity contribution in [1.82, 2.24) is 0 Å². The van der Waals surface area contributed by atoms with Crippen LogP contribution in [0.1, 0.15) is 6.92 Å². The summed E-state index contributed by atoms with van der Waals surface area (Å²) in [4.78, 5) is 9.57. The number of allylic oxidation sites excluding steroid dienone is 1. The van der Waals surface area contributed by atoms with E-state index < -0.39 is 24.6 Å². The lowest BCUT2D eigenvalue weighted by Gasteiger charge is -2.12. The van der Waals surface area contributed by atoms with Crippen molar-refractivity contribution in [3.63, 3.8) is 0 Å². The number of nitrogens with zero attached hydrogens (tertiary/aromatic N) is 1. The van der Waals surface area contributed by atoms with Gasteiger partial charge >= 0.3 is 0 Å². The highest BCUT2D eigenvalue weighted by Gasteiger charge is 2.25. The number of hydrogen-bond acceptors (Lipinski definition) is 6. The topological polar surface area (TPSA) is 95.7 Å². The molecule has 0 aromatic heterocycles. The molecule has 0 aliphatic heterocycles. The summed E-state index contributed by atoms with van der Waals surface area (Å²) in [7, 11) is 2.26. The Morgan fingerprint density at radius 2 is 2.10 bits per heavy atom. The van der Waals surface area contributed by atoms with Crippen LogP contribution in [0.2, 0.25) is 0 Å². The third kappa shape index (κ3) is 3.84. The fourth-order valence-electron chi connectivity index (χ4n) is 1.39. The van der Waals surface area contributed by atoms with E-state index in [1.165, 1.54) is 7.11 Å². The van der Waals surface area contributed by atoms with Crippen LogP contribution in [-0.4, -0.2) is 27.1 Å². The van der Waals surface area contributed by atoms with Crippen LogP contribution in [0, 0.1) is 10.1 Å². The zero-order valence-corrected chi connectivity index (χ0v) is 12.3. The number of nitro groups is 1. The van der Waals surface area contributed by atoms with Gasteiger partial charge < -0.3 is 9.47 Å². The number of rotatable bonds is 6. The minimum absolute atomic E-state index is 0.0703. The lowest BCUT2D eigenvalue weighted by atomic mass is 10.3. The van der Waals surface area contributed by atoms with Crippen LogP contribution in [0.4, 0.5) is 5.69 Å². The smallest absolute Gasteiger partial charge is 0.274 e. The number of hydrogen-bond donors (Lipinski definition) is 0. The Balaban J connectivity index is 3.46. The van der Waals surface area contributed by atoms with Gasteiger partial charge in [0.15, 0.2) is 11.5 Å². The molecule has 0 saturated carbocycles. The standard InChI is InChI=1S/C11H12ClNO6S/c1-3-4-5-19-9-6-8(13(14)15)7-10(11(9)18-2)20(12,16)17/h3-4,6-7H,5H2,1-2H3/b4-3+. The van der Waals surface area contributed by atoms with Crippen LogP contribution in [-0.2, 0) is 9.05 Å². The normalized spacial score (nSPS) is 11.6. The van der Waals surface area contributed by atoms with Crippen LogP contribution in [0.3, 0.4) is 0 Å². The molecule has 0 heterocycles. The third-order valence-corrected chi connectivity index (χ3v) is 3.58. The molecule has 0 amide bonds. The molecule has 0 fully saturated rings. The number of halogens is 1. The summed E-state index contributed by atoms with van der Waals surface area (Å²) in [5.74, 6) is -0.242. The van der Waals surface area contributed by atoms with Crippen LogP contribution in [0.25, 0.3) is 0 Å². The Kier molecular flexibility index (Phi) is 5.34. The summed E-state index contributed by atoms with van der Waals surface area (Å²) in [6.07, 6.45) is 3.36. The van der Waals surface area contributed by atoms with E-state index in [0.717, 1.165) is 12.1 Å².